The fraction of sp³-hybridized carbons (Fsp3) is 0.692. The normalized spacial score (nSPS) is 21.7. The Morgan fingerprint density at radius 2 is 1.58 bits per heavy atom. The van der Waals surface area contributed by atoms with E-state index in [1.807, 2.05) is 0 Å². The first-order chi connectivity index (χ1) is 15.2. The number of likely N-dealkylation sites (tertiary alicyclic amines) is 1. The number of carbonyl (C=O) groups excluding carboxylic acids is 2. The van der Waals surface area contributed by atoms with E-state index in [1.54, 1.807) is 0 Å². The number of ether oxygens (including phenoxy) is 1. The fourth-order valence-electron chi connectivity index (χ4n) is 6.20. The molecule has 1 heterocycles. The second kappa shape index (κ2) is 9.57. The monoisotopic (exact) mass is 488 g/mol. The van der Waals surface area contributed by atoms with Gasteiger partial charge in [-0.3, -0.25) is 4.79 Å². The number of rotatable bonds is 7. The van der Waals surface area contributed by atoms with Crippen molar-refractivity contribution >= 4 is 28.1 Å². The predicted molar refractivity (Wildman–Crippen MR) is 141 cm³/mol. The summed E-state index contributed by atoms with van der Waals surface area (Å²) in [6.07, 6.45) is 6.02. The maximum atomic E-state index is 13.2. The van der Waals surface area contributed by atoms with Gasteiger partial charge in [-0.25, -0.2) is 4.79 Å². The largest absolute Gasteiger partial charge is 0.445 e. The highest BCUT2D eigenvalue weighted by molar-refractivity contribution is 6.96. The van der Waals surface area contributed by atoms with Gasteiger partial charge >= 0.3 is 6.09 Å². The van der Waals surface area contributed by atoms with Gasteiger partial charge in [0.15, 0.2) is 0 Å². The summed E-state index contributed by atoms with van der Waals surface area (Å²) in [6.45, 7) is 18.4. The number of amides is 2. The number of benzene rings is 1. The van der Waals surface area contributed by atoms with Crippen molar-refractivity contribution in [1.82, 2.24) is 10.2 Å². The van der Waals surface area contributed by atoms with E-state index in [9.17, 15) is 9.59 Å². The maximum Gasteiger partial charge on any atom is 0.408 e. The molecule has 0 radical (unpaired) electrons. The molecule has 2 fully saturated rings. The summed E-state index contributed by atoms with van der Waals surface area (Å²) in [4.78, 5) is 27.8. The standard InChI is InChI=1S/C26H44N2O3Si2/c1-26(2)22(23(29)28(26)25(32(3,4)5)33(6,7)8)27-24(30)31-18-19-14-16-21(17-15-19)20-12-10-9-11-13-20/h14-17,20,22,25H,9-13,18H2,1-8H3,(H,27,30)/t22-/m0/s1. The molecule has 0 bridgehead atoms. The lowest BCUT2D eigenvalue weighted by Crippen LogP contribution is -2.84. The van der Waals surface area contributed by atoms with Crippen LogP contribution >= 0.6 is 0 Å². The Morgan fingerprint density at radius 1 is 1.03 bits per heavy atom. The molecule has 1 atom stereocenters. The highest BCUT2D eigenvalue weighted by atomic mass is 28.4. The first kappa shape index (κ1) is 26.0. The van der Waals surface area contributed by atoms with E-state index in [4.69, 9.17) is 4.74 Å². The highest BCUT2D eigenvalue weighted by Crippen LogP contribution is 2.40. The molecule has 184 valence electrons. The molecule has 2 amide bonds. The van der Waals surface area contributed by atoms with Crippen molar-refractivity contribution in [2.75, 3.05) is 0 Å². The molecule has 0 aromatic heterocycles. The van der Waals surface area contributed by atoms with Crippen LogP contribution in [0.15, 0.2) is 24.3 Å². The van der Waals surface area contributed by atoms with Gasteiger partial charge in [0.1, 0.15) is 12.6 Å². The molecule has 2 aliphatic rings. The zero-order valence-corrected chi connectivity index (χ0v) is 24.0. The maximum absolute atomic E-state index is 13.2. The van der Waals surface area contributed by atoms with Crippen LogP contribution in [0.2, 0.25) is 39.3 Å². The average Bonchev–Trinajstić information content (AvgIpc) is 2.73. The molecule has 1 saturated heterocycles. The van der Waals surface area contributed by atoms with Crippen molar-refractivity contribution in [2.24, 2.45) is 0 Å². The van der Waals surface area contributed by atoms with Gasteiger partial charge < -0.3 is 15.0 Å². The van der Waals surface area contributed by atoms with Gasteiger partial charge in [-0.2, -0.15) is 0 Å². The van der Waals surface area contributed by atoms with Gasteiger partial charge in [-0.15, -0.1) is 0 Å². The Balaban J connectivity index is 1.57. The van der Waals surface area contributed by atoms with Crippen molar-refractivity contribution in [3.8, 4) is 0 Å². The minimum Gasteiger partial charge on any atom is -0.445 e. The number of nitrogens with one attached hydrogen (secondary N) is 1. The van der Waals surface area contributed by atoms with Gasteiger partial charge in [0.05, 0.1) is 21.7 Å². The van der Waals surface area contributed by atoms with E-state index in [0.717, 1.165) is 5.56 Å². The molecule has 0 spiro atoms. The number of nitrogens with zero attached hydrogens (tertiary/aromatic N) is 1. The third-order valence-corrected chi connectivity index (χ3v) is 16.4. The van der Waals surface area contributed by atoms with Crippen molar-refractivity contribution in [2.45, 2.75) is 115 Å². The summed E-state index contributed by atoms with van der Waals surface area (Å²) in [6, 6.07) is 7.94. The molecular weight excluding hydrogens is 444 g/mol. The molecule has 1 aliphatic carbocycles. The molecule has 7 heteroatoms. The lowest BCUT2D eigenvalue weighted by atomic mass is 9.83. The van der Waals surface area contributed by atoms with E-state index in [1.165, 1.54) is 37.7 Å². The first-order valence-electron chi connectivity index (χ1n) is 12.6. The molecule has 1 saturated carbocycles. The van der Waals surface area contributed by atoms with Crippen molar-refractivity contribution in [3.05, 3.63) is 35.4 Å². The molecule has 1 aliphatic heterocycles. The SMILES string of the molecule is CC1(C)[C@@H](NC(=O)OCc2ccc(C3CCCCC3)cc2)C(=O)N1C([Si](C)(C)C)[Si](C)(C)C. The Kier molecular flexibility index (Phi) is 7.54. The number of alkyl carbamates (subject to hydrolysis) is 1. The van der Waals surface area contributed by atoms with Crippen LogP contribution in [-0.2, 0) is 16.1 Å². The third-order valence-electron chi connectivity index (χ3n) is 7.40. The summed E-state index contributed by atoms with van der Waals surface area (Å²) in [7, 11) is -3.22. The zero-order chi connectivity index (χ0) is 24.6. The Morgan fingerprint density at radius 3 is 2.06 bits per heavy atom. The molecule has 3 rings (SSSR count). The fourth-order valence-corrected chi connectivity index (χ4v) is 19.1. The van der Waals surface area contributed by atoms with Crippen LogP contribution < -0.4 is 5.32 Å². The highest BCUT2D eigenvalue weighted by Gasteiger charge is 2.61. The van der Waals surface area contributed by atoms with E-state index in [0.29, 0.717) is 11.2 Å². The van der Waals surface area contributed by atoms with E-state index < -0.39 is 33.8 Å². The van der Waals surface area contributed by atoms with Crippen molar-refractivity contribution in [3.63, 3.8) is 0 Å². The van der Waals surface area contributed by atoms with Crippen LogP contribution in [0.4, 0.5) is 4.79 Å². The summed E-state index contributed by atoms with van der Waals surface area (Å²) in [5.41, 5.74) is 1.95. The van der Waals surface area contributed by atoms with Crippen LogP contribution in [0.1, 0.15) is 63.0 Å². The van der Waals surface area contributed by atoms with Crippen LogP contribution in [0.5, 0.6) is 0 Å². The minimum atomic E-state index is -1.61. The summed E-state index contributed by atoms with van der Waals surface area (Å²) >= 11 is 0. The number of hydrogen-bond acceptors (Lipinski definition) is 3. The number of carbonyl (C=O) groups is 2. The van der Waals surface area contributed by atoms with Crippen LogP contribution in [0.25, 0.3) is 0 Å². The quantitative estimate of drug-likeness (QED) is 0.374. The number of β-lactam (4-membered cyclic amide) rings is 1. The van der Waals surface area contributed by atoms with Crippen molar-refractivity contribution < 1.29 is 14.3 Å². The van der Waals surface area contributed by atoms with Gasteiger partial charge in [0, 0.05) is 5.29 Å². The minimum absolute atomic E-state index is 0.0311. The van der Waals surface area contributed by atoms with Gasteiger partial charge in [0.2, 0.25) is 5.91 Å². The van der Waals surface area contributed by atoms with Crippen molar-refractivity contribution in [1.29, 1.82) is 0 Å². The molecule has 1 aromatic rings. The second-order valence-electron chi connectivity index (χ2n) is 12.7. The smallest absolute Gasteiger partial charge is 0.408 e. The van der Waals surface area contributed by atoms with E-state index in [2.05, 4.69) is 87.6 Å². The van der Waals surface area contributed by atoms with Crippen LogP contribution in [0.3, 0.4) is 0 Å². The summed E-state index contributed by atoms with van der Waals surface area (Å²) in [5, 5.41) is 3.18. The Labute approximate surface area is 202 Å². The molecule has 33 heavy (non-hydrogen) atoms. The average molecular weight is 489 g/mol. The summed E-state index contributed by atoms with van der Waals surface area (Å²) in [5.74, 6) is 0.701. The zero-order valence-electron chi connectivity index (χ0n) is 22.0. The topological polar surface area (TPSA) is 58.6 Å². The molecule has 1 aromatic carbocycles. The summed E-state index contributed by atoms with van der Waals surface area (Å²) < 4.78 is 5.49. The molecule has 1 N–H and O–H groups in total. The van der Waals surface area contributed by atoms with Crippen LogP contribution in [0, 0.1) is 0 Å². The van der Waals surface area contributed by atoms with Gasteiger partial charge in [0.25, 0.3) is 0 Å². The number of hydrogen-bond donors (Lipinski definition) is 1. The molecule has 0 unspecified atom stereocenters. The Hall–Kier alpha value is -1.61. The lowest BCUT2D eigenvalue weighted by Gasteiger charge is -2.62. The predicted octanol–water partition coefficient (Wildman–Crippen LogP) is 6.07. The van der Waals surface area contributed by atoms with E-state index >= 15 is 0 Å². The lowest BCUT2D eigenvalue weighted by molar-refractivity contribution is -0.159. The third kappa shape index (κ3) is 5.73. The molecular formula is C26H44N2O3Si2. The second-order valence-corrected chi connectivity index (χ2v) is 23.9. The Bertz CT molecular complexity index is 836. The van der Waals surface area contributed by atoms with Gasteiger partial charge in [-0.05, 0) is 43.7 Å². The van der Waals surface area contributed by atoms with Crippen LogP contribution in [-0.4, -0.2) is 49.9 Å². The van der Waals surface area contributed by atoms with E-state index in [-0.39, 0.29) is 12.5 Å². The first-order valence-corrected chi connectivity index (χ1v) is 19.7. The van der Waals surface area contributed by atoms with Gasteiger partial charge in [-0.1, -0.05) is 82.8 Å². The molecule has 5 nitrogen and oxygen atoms in total.